The van der Waals surface area contributed by atoms with Gasteiger partial charge in [-0.1, -0.05) is 6.07 Å². The van der Waals surface area contributed by atoms with Crippen molar-refractivity contribution in [2.75, 3.05) is 5.32 Å². The molecular formula is C15H16N2O3. The molecule has 5 heteroatoms. The van der Waals surface area contributed by atoms with Gasteiger partial charge in [-0.25, -0.2) is 4.79 Å². The Bertz CT molecular complexity index is 659. The van der Waals surface area contributed by atoms with Crippen LogP contribution in [0.5, 0.6) is 0 Å². The van der Waals surface area contributed by atoms with Crippen LogP contribution in [0.4, 0.5) is 5.69 Å². The molecular weight excluding hydrogens is 256 g/mol. The van der Waals surface area contributed by atoms with Gasteiger partial charge in [-0.2, -0.15) is 0 Å². The first-order valence-corrected chi connectivity index (χ1v) is 6.34. The van der Waals surface area contributed by atoms with Crippen molar-refractivity contribution in [2.45, 2.75) is 20.4 Å². The van der Waals surface area contributed by atoms with E-state index in [2.05, 4.69) is 5.32 Å². The van der Waals surface area contributed by atoms with Gasteiger partial charge in [-0.15, -0.1) is 0 Å². The second-order valence-corrected chi connectivity index (χ2v) is 4.42. The zero-order valence-corrected chi connectivity index (χ0v) is 11.4. The van der Waals surface area contributed by atoms with Crippen LogP contribution in [0.2, 0.25) is 0 Å². The van der Waals surface area contributed by atoms with Gasteiger partial charge < -0.3 is 15.0 Å². The van der Waals surface area contributed by atoms with E-state index < -0.39 is 5.97 Å². The fourth-order valence-corrected chi connectivity index (χ4v) is 2.09. The number of aromatic nitrogens is 1. The van der Waals surface area contributed by atoms with Crippen molar-refractivity contribution in [1.82, 2.24) is 4.57 Å². The lowest BCUT2D eigenvalue weighted by Gasteiger charge is -2.11. The van der Waals surface area contributed by atoms with Crippen LogP contribution in [0.15, 0.2) is 36.5 Å². The summed E-state index contributed by atoms with van der Waals surface area (Å²) < 4.78 is 1.83. The van der Waals surface area contributed by atoms with Crippen LogP contribution >= 0.6 is 0 Å². The number of nitrogens with zero attached hydrogens (tertiary/aromatic N) is 1. The third kappa shape index (κ3) is 2.56. The van der Waals surface area contributed by atoms with E-state index in [0.717, 1.165) is 0 Å². The van der Waals surface area contributed by atoms with E-state index in [4.69, 9.17) is 5.11 Å². The van der Waals surface area contributed by atoms with E-state index in [9.17, 15) is 9.59 Å². The number of rotatable bonds is 4. The number of carbonyl (C=O) groups excluding carboxylic acids is 1. The molecule has 1 aromatic carbocycles. The average Bonchev–Trinajstić information content (AvgIpc) is 2.89. The monoisotopic (exact) mass is 272 g/mol. The second-order valence-electron chi connectivity index (χ2n) is 4.42. The number of benzene rings is 1. The van der Waals surface area contributed by atoms with Crippen molar-refractivity contribution >= 4 is 17.6 Å². The molecule has 1 amide bonds. The molecule has 0 spiro atoms. The summed E-state index contributed by atoms with van der Waals surface area (Å²) in [6.07, 6.45) is 1.83. The number of aromatic carboxylic acids is 1. The first-order chi connectivity index (χ1) is 9.54. The van der Waals surface area contributed by atoms with E-state index in [-0.39, 0.29) is 11.5 Å². The van der Waals surface area contributed by atoms with Gasteiger partial charge in [0.1, 0.15) is 5.69 Å². The molecule has 20 heavy (non-hydrogen) atoms. The van der Waals surface area contributed by atoms with Gasteiger partial charge in [0.05, 0.1) is 5.56 Å². The van der Waals surface area contributed by atoms with Gasteiger partial charge in [-0.3, -0.25) is 4.79 Å². The van der Waals surface area contributed by atoms with E-state index in [1.54, 1.807) is 31.2 Å². The summed E-state index contributed by atoms with van der Waals surface area (Å²) in [5, 5.41) is 11.8. The molecule has 0 aliphatic heterocycles. The van der Waals surface area contributed by atoms with Crippen LogP contribution in [-0.4, -0.2) is 21.6 Å². The van der Waals surface area contributed by atoms with Crippen LogP contribution in [0.1, 0.15) is 33.3 Å². The smallest absolute Gasteiger partial charge is 0.336 e. The molecule has 1 heterocycles. The Morgan fingerprint density at radius 3 is 2.65 bits per heavy atom. The summed E-state index contributed by atoms with van der Waals surface area (Å²) in [5.74, 6) is -1.25. The Morgan fingerprint density at radius 2 is 2.00 bits per heavy atom. The lowest BCUT2D eigenvalue weighted by Crippen LogP contribution is -2.17. The van der Waals surface area contributed by atoms with E-state index in [1.165, 1.54) is 6.07 Å². The molecule has 0 fully saturated rings. The van der Waals surface area contributed by atoms with Crippen molar-refractivity contribution < 1.29 is 14.7 Å². The summed E-state index contributed by atoms with van der Waals surface area (Å²) in [7, 11) is 0. The third-order valence-electron chi connectivity index (χ3n) is 3.22. The number of carbonyl (C=O) groups is 2. The zero-order valence-electron chi connectivity index (χ0n) is 11.4. The minimum absolute atomic E-state index is 0.189. The van der Waals surface area contributed by atoms with E-state index in [1.807, 2.05) is 17.7 Å². The molecule has 0 unspecified atom stereocenters. The maximum Gasteiger partial charge on any atom is 0.336 e. The maximum absolute atomic E-state index is 12.2. The first kappa shape index (κ1) is 13.9. The minimum atomic E-state index is -1.00. The van der Waals surface area contributed by atoms with Gasteiger partial charge in [0.25, 0.3) is 5.91 Å². The van der Waals surface area contributed by atoms with Crippen LogP contribution in [-0.2, 0) is 6.54 Å². The largest absolute Gasteiger partial charge is 0.478 e. The number of hydrogen-bond donors (Lipinski definition) is 2. The quantitative estimate of drug-likeness (QED) is 0.899. The fraction of sp³-hybridized carbons (Fsp3) is 0.200. The standard InChI is InChI=1S/C15H16N2O3/c1-3-17-9-5-8-13(17)14(18)16-12-7-4-6-11(10(12)2)15(19)20/h4-9H,3H2,1-2H3,(H,16,18)(H,19,20). The maximum atomic E-state index is 12.2. The molecule has 0 bridgehead atoms. The highest BCUT2D eigenvalue weighted by Crippen LogP contribution is 2.20. The second kappa shape index (κ2) is 5.61. The molecule has 1 aromatic heterocycles. The van der Waals surface area contributed by atoms with E-state index >= 15 is 0 Å². The van der Waals surface area contributed by atoms with Crippen LogP contribution < -0.4 is 5.32 Å². The summed E-state index contributed by atoms with van der Waals surface area (Å²) >= 11 is 0. The van der Waals surface area contributed by atoms with Crippen LogP contribution in [0.25, 0.3) is 0 Å². The van der Waals surface area contributed by atoms with Crippen LogP contribution in [0, 0.1) is 6.92 Å². The lowest BCUT2D eigenvalue weighted by molar-refractivity contribution is 0.0695. The SMILES string of the molecule is CCn1cccc1C(=O)Nc1cccc(C(=O)O)c1C. The Morgan fingerprint density at radius 1 is 1.25 bits per heavy atom. The number of carboxylic acids is 1. The summed E-state index contributed by atoms with van der Waals surface area (Å²) in [4.78, 5) is 23.3. The number of amides is 1. The van der Waals surface area contributed by atoms with Gasteiger partial charge in [0, 0.05) is 18.4 Å². The number of nitrogens with one attached hydrogen (secondary N) is 1. The molecule has 0 aliphatic rings. The summed E-state index contributed by atoms with van der Waals surface area (Å²) in [6.45, 7) is 4.33. The third-order valence-corrected chi connectivity index (χ3v) is 3.22. The van der Waals surface area contributed by atoms with E-state index in [0.29, 0.717) is 23.5 Å². The molecule has 0 radical (unpaired) electrons. The average molecular weight is 272 g/mol. The molecule has 2 rings (SSSR count). The normalized spacial score (nSPS) is 10.3. The molecule has 2 aromatic rings. The number of carboxylic acid groups (broad SMARTS) is 1. The Hall–Kier alpha value is -2.56. The van der Waals surface area contributed by atoms with Crippen molar-refractivity contribution in [2.24, 2.45) is 0 Å². The highest BCUT2D eigenvalue weighted by Gasteiger charge is 2.14. The Kier molecular flexibility index (Phi) is 3.89. The number of aryl methyl sites for hydroxylation is 1. The molecule has 0 saturated carbocycles. The van der Waals surface area contributed by atoms with Crippen molar-refractivity contribution in [1.29, 1.82) is 0 Å². The molecule has 0 saturated heterocycles. The molecule has 104 valence electrons. The molecule has 2 N–H and O–H groups in total. The minimum Gasteiger partial charge on any atom is -0.478 e. The highest BCUT2D eigenvalue weighted by atomic mass is 16.4. The lowest BCUT2D eigenvalue weighted by atomic mass is 10.1. The zero-order chi connectivity index (χ0) is 14.7. The number of hydrogen-bond acceptors (Lipinski definition) is 2. The molecule has 0 aliphatic carbocycles. The van der Waals surface area contributed by atoms with Gasteiger partial charge in [0.15, 0.2) is 0 Å². The molecule has 5 nitrogen and oxygen atoms in total. The van der Waals surface area contributed by atoms with Gasteiger partial charge >= 0.3 is 5.97 Å². The fourth-order valence-electron chi connectivity index (χ4n) is 2.09. The number of anilines is 1. The first-order valence-electron chi connectivity index (χ1n) is 6.34. The predicted octanol–water partition coefficient (Wildman–Crippen LogP) is 2.77. The van der Waals surface area contributed by atoms with Crippen molar-refractivity contribution in [3.63, 3.8) is 0 Å². The summed E-state index contributed by atoms with van der Waals surface area (Å²) in [5.41, 5.74) is 1.79. The summed E-state index contributed by atoms with van der Waals surface area (Å²) in [6, 6.07) is 8.36. The molecule has 0 atom stereocenters. The van der Waals surface area contributed by atoms with Crippen molar-refractivity contribution in [3.8, 4) is 0 Å². The van der Waals surface area contributed by atoms with Crippen LogP contribution in [0.3, 0.4) is 0 Å². The predicted molar refractivity (Wildman–Crippen MR) is 76.2 cm³/mol. The van der Waals surface area contributed by atoms with Gasteiger partial charge in [-0.05, 0) is 43.7 Å². The Labute approximate surface area is 116 Å². The van der Waals surface area contributed by atoms with Gasteiger partial charge in [0.2, 0.25) is 0 Å². The van der Waals surface area contributed by atoms with Crippen molar-refractivity contribution in [3.05, 3.63) is 53.3 Å². The Balaban J connectivity index is 2.29. The topological polar surface area (TPSA) is 71.3 Å². The highest BCUT2D eigenvalue weighted by molar-refractivity contribution is 6.04.